The smallest absolute Gasteiger partial charge is 0.356 e. The summed E-state index contributed by atoms with van der Waals surface area (Å²) in [6.07, 6.45) is 0. The molecule has 0 saturated carbocycles. The maximum absolute atomic E-state index is 12.6. The summed E-state index contributed by atoms with van der Waals surface area (Å²) in [5.74, 6) is -0.682. The molecule has 1 aliphatic heterocycles. The summed E-state index contributed by atoms with van der Waals surface area (Å²) >= 11 is 0. The second kappa shape index (κ2) is 8.51. The second-order valence-corrected chi connectivity index (χ2v) is 6.75. The minimum Gasteiger partial charge on any atom is -0.464 e. The van der Waals surface area contributed by atoms with Crippen molar-refractivity contribution < 1.29 is 19.4 Å². The molecule has 1 saturated heterocycles. The molecule has 2 aromatic rings. The Labute approximate surface area is 158 Å². The van der Waals surface area contributed by atoms with Crippen molar-refractivity contribution in [3.8, 4) is 0 Å². The molecule has 0 spiro atoms. The predicted molar refractivity (Wildman–Crippen MR) is 103 cm³/mol. The minimum absolute atomic E-state index is 0.150. The number of aromatic amines is 1. The van der Waals surface area contributed by atoms with E-state index in [1.165, 1.54) is 7.11 Å². The lowest BCUT2D eigenvalue weighted by Crippen LogP contribution is -2.49. The summed E-state index contributed by atoms with van der Waals surface area (Å²) in [6.45, 7) is 6.20. The van der Waals surface area contributed by atoms with Crippen LogP contribution >= 0.6 is 0 Å². The number of β-amino-alcohol motifs (C(OH)–C–C–N with tert-alkyl or cyclic N) is 1. The Hall–Kier alpha value is -2.42. The lowest BCUT2D eigenvalue weighted by Gasteiger charge is -2.33. The second-order valence-electron chi connectivity index (χ2n) is 6.75. The molecule has 27 heavy (non-hydrogen) atoms. The minimum atomic E-state index is -0.515. The lowest BCUT2D eigenvalue weighted by atomic mass is 10.1. The summed E-state index contributed by atoms with van der Waals surface area (Å²) < 4.78 is 4.85. The monoisotopic (exact) mass is 374 g/mol. The SMILES string of the molecule is COC(=O)c1[nH]c2cccc(C)c2c1NC(=O)CN1CCN(CCO)CC1. The van der Waals surface area contributed by atoms with E-state index in [4.69, 9.17) is 9.84 Å². The zero-order valence-corrected chi connectivity index (χ0v) is 15.7. The number of piperazine rings is 1. The van der Waals surface area contributed by atoms with E-state index in [9.17, 15) is 9.59 Å². The van der Waals surface area contributed by atoms with E-state index in [1.54, 1.807) is 0 Å². The molecule has 1 aromatic heterocycles. The molecule has 1 aliphatic rings. The van der Waals surface area contributed by atoms with Gasteiger partial charge in [-0.25, -0.2) is 4.79 Å². The van der Waals surface area contributed by atoms with Crippen LogP contribution in [-0.4, -0.2) is 84.8 Å². The number of aliphatic hydroxyl groups is 1. The lowest BCUT2D eigenvalue weighted by molar-refractivity contribution is -0.117. The molecule has 3 N–H and O–H groups in total. The molecule has 0 aliphatic carbocycles. The summed E-state index contributed by atoms with van der Waals surface area (Å²) in [6, 6.07) is 5.70. The fourth-order valence-electron chi connectivity index (χ4n) is 3.50. The van der Waals surface area contributed by atoms with Crippen molar-refractivity contribution in [2.24, 2.45) is 0 Å². The molecule has 0 unspecified atom stereocenters. The number of methoxy groups -OCH3 is 1. The van der Waals surface area contributed by atoms with Crippen molar-refractivity contribution >= 4 is 28.5 Å². The third kappa shape index (κ3) is 4.29. The number of carbonyl (C=O) groups is 2. The first kappa shape index (κ1) is 19.3. The van der Waals surface area contributed by atoms with E-state index in [0.29, 0.717) is 12.2 Å². The Balaban J connectivity index is 1.74. The van der Waals surface area contributed by atoms with Crippen LogP contribution in [0.15, 0.2) is 18.2 Å². The van der Waals surface area contributed by atoms with Gasteiger partial charge in [-0.3, -0.25) is 14.6 Å². The topological polar surface area (TPSA) is 97.9 Å². The molecule has 0 atom stereocenters. The van der Waals surface area contributed by atoms with Crippen LogP contribution in [0.2, 0.25) is 0 Å². The Kier molecular flexibility index (Phi) is 6.10. The van der Waals surface area contributed by atoms with Crippen LogP contribution in [0.4, 0.5) is 5.69 Å². The van der Waals surface area contributed by atoms with Gasteiger partial charge in [0.1, 0.15) is 5.69 Å². The number of aromatic nitrogens is 1. The van der Waals surface area contributed by atoms with Crippen molar-refractivity contribution in [2.45, 2.75) is 6.92 Å². The van der Waals surface area contributed by atoms with E-state index in [2.05, 4.69) is 20.1 Å². The summed E-state index contributed by atoms with van der Waals surface area (Å²) in [7, 11) is 1.32. The largest absolute Gasteiger partial charge is 0.464 e. The molecule has 8 heteroatoms. The number of hydrogen-bond acceptors (Lipinski definition) is 6. The van der Waals surface area contributed by atoms with E-state index >= 15 is 0 Å². The molecule has 0 bridgehead atoms. The molecular weight excluding hydrogens is 348 g/mol. The van der Waals surface area contributed by atoms with Gasteiger partial charge < -0.3 is 20.1 Å². The zero-order chi connectivity index (χ0) is 19.4. The van der Waals surface area contributed by atoms with Crippen LogP contribution in [0.1, 0.15) is 16.1 Å². The number of amides is 1. The fourth-order valence-corrected chi connectivity index (χ4v) is 3.50. The van der Waals surface area contributed by atoms with Gasteiger partial charge >= 0.3 is 5.97 Å². The number of anilines is 1. The number of rotatable bonds is 6. The van der Waals surface area contributed by atoms with Gasteiger partial charge in [-0.15, -0.1) is 0 Å². The number of aryl methyl sites for hydroxylation is 1. The van der Waals surface area contributed by atoms with E-state index < -0.39 is 5.97 Å². The molecule has 146 valence electrons. The number of fused-ring (bicyclic) bond motifs is 1. The molecular formula is C19H26N4O4. The quantitative estimate of drug-likeness (QED) is 0.648. The van der Waals surface area contributed by atoms with Crippen LogP contribution in [0, 0.1) is 6.92 Å². The highest BCUT2D eigenvalue weighted by Crippen LogP contribution is 2.31. The molecule has 8 nitrogen and oxygen atoms in total. The number of ether oxygens (including phenoxy) is 1. The first-order chi connectivity index (χ1) is 13.0. The molecule has 3 rings (SSSR count). The summed E-state index contributed by atoms with van der Waals surface area (Å²) in [4.78, 5) is 32.1. The van der Waals surface area contributed by atoms with Crippen molar-refractivity contribution in [3.05, 3.63) is 29.5 Å². The average molecular weight is 374 g/mol. The van der Waals surface area contributed by atoms with Crippen LogP contribution in [0.5, 0.6) is 0 Å². The third-order valence-corrected chi connectivity index (χ3v) is 4.93. The highest BCUT2D eigenvalue weighted by atomic mass is 16.5. The predicted octanol–water partition coefficient (Wildman–Crippen LogP) is 0.811. The van der Waals surface area contributed by atoms with E-state index in [0.717, 1.165) is 42.6 Å². The number of benzene rings is 1. The highest BCUT2D eigenvalue weighted by Gasteiger charge is 2.23. The van der Waals surface area contributed by atoms with Gasteiger partial charge in [0.05, 0.1) is 25.9 Å². The van der Waals surface area contributed by atoms with Gasteiger partial charge in [0.15, 0.2) is 0 Å². The standard InChI is InChI=1S/C19H26N4O4/c1-13-4-3-5-14-16(13)17(18(20-14)19(26)27-2)21-15(25)12-23-8-6-22(7-9-23)10-11-24/h3-5,20,24H,6-12H2,1-2H3,(H,21,25). The number of hydrogen-bond donors (Lipinski definition) is 3. The maximum atomic E-state index is 12.6. The highest BCUT2D eigenvalue weighted by molar-refractivity contribution is 6.12. The van der Waals surface area contributed by atoms with Gasteiger partial charge in [0, 0.05) is 43.6 Å². The van der Waals surface area contributed by atoms with Crippen molar-refractivity contribution in [1.82, 2.24) is 14.8 Å². The zero-order valence-electron chi connectivity index (χ0n) is 15.7. The first-order valence-corrected chi connectivity index (χ1v) is 9.08. The number of H-pyrrole nitrogens is 1. The first-order valence-electron chi connectivity index (χ1n) is 9.08. The van der Waals surface area contributed by atoms with Gasteiger partial charge in [-0.2, -0.15) is 0 Å². The Morgan fingerprint density at radius 1 is 1.22 bits per heavy atom. The van der Waals surface area contributed by atoms with Crippen molar-refractivity contribution in [1.29, 1.82) is 0 Å². The van der Waals surface area contributed by atoms with Crippen LogP contribution in [0.25, 0.3) is 10.9 Å². The van der Waals surface area contributed by atoms with E-state index in [-0.39, 0.29) is 24.8 Å². The van der Waals surface area contributed by atoms with Crippen LogP contribution in [0.3, 0.4) is 0 Å². The summed E-state index contributed by atoms with van der Waals surface area (Å²) in [5.41, 5.74) is 2.47. The number of esters is 1. The van der Waals surface area contributed by atoms with Gasteiger partial charge in [0.25, 0.3) is 0 Å². The normalized spacial score (nSPS) is 15.8. The Bertz CT molecular complexity index is 824. The van der Waals surface area contributed by atoms with Gasteiger partial charge in [0.2, 0.25) is 5.91 Å². The molecule has 1 fully saturated rings. The van der Waals surface area contributed by atoms with Gasteiger partial charge in [-0.05, 0) is 18.6 Å². The maximum Gasteiger partial charge on any atom is 0.356 e. The Morgan fingerprint density at radius 3 is 2.59 bits per heavy atom. The number of aliphatic hydroxyl groups excluding tert-OH is 1. The average Bonchev–Trinajstić information content (AvgIpc) is 3.02. The summed E-state index contributed by atoms with van der Waals surface area (Å²) in [5, 5.41) is 12.7. The van der Waals surface area contributed by atoms with Gasteiger partial charge in [-0.1, -0.05) is 12.1 Å². The number of nitrogens with one attached hydrogen (secondary N) is 2. The molecule has 1 aromatic carbocycles. The van der Waals surface area contributed by atoms with Crippen molar-refractivity contribution in [3.63, 3.8) is 0 Å². The number of carbonyl (C=O) groups excluding carboxylic acids is 2. The fraction of sp³-hybridized carbons (Fsp3) is 0.474. The molecule has 0 radical (unpaired) electrons. The Morgan fingerprint density at radius 2 is 1.93 bits per heavy atom. The third-order valence-electron chi connectivity index (χ3n) is 4.93. The molecule has 2 heterocycles. The van der Waals surface area contributed by atoms with Crippen molar-refractivity contribution in [2.75, 3.05) is 58.3 Å². The number of nitrogens with zero attached hydrogens (tertiary/aromatic N) is 2. The van der Waals surface area contributed by atoms with Crippen LogP contribution in [-0.2, 0) is 9.53 Å². The molecule has 1 amide bonds. The van der Waals surface area contributed by atoms with Crippen LogP contribution < -0.4 is 5.32 Å². The van der Waals surface area contributed by atoms with E-state index in [1.807, 2.05) is 25.1 Å².